The minimum Gasteiger partial charge on any atom is -0.337 e. The molecular weight excluding hydrogens is 344 g/mol. The minimum atomic E-state index is -0.400. The minimum absolute atomic E-state index is 0.0228. The number of carbonyl (C=O) groups is 1. The first kappa shape index (κ1) is 18.9. The van der Waals surface area contributed by atoms with Crippen molar-refractivity contribution in [1.82, 2.24) is 4.98 Å². The third-order valence-electron chi connectivity index (χ3n) is 4.77. The molecule has 0 radical (unpaired) electrons. The van der Waals surface area contributed by atoms with Crippen molar-refractivity contribution in [2.45, 2.75) is 27.7 Å². The van der Waals surface area contributed by atoms with Crippen LogP contribution in [0.5, 0.6) is 0 Å². The fraction of sp³-hybridized carbons (Fsp3) is 0.500. The molecule has 140 valence electrons. The summed E-state index contributed by atoms with van der Waals surface area (Å²) >= 11 is 1.77. The maximum atomic E-state index is 12.1. The molecule has 1 saturated heterocycles. The van der Waals surface area contributed by atoms with Crippen molar-refractivity contribution in [3.63, 3.8) is 0 Å². The molecule has 2 N–H and O–H groups in total. The molecule has 1 aliphatic rings. The van der Waals surface area contributed by atoms with Crippen molar-refractivity contribution < 1.29 is 9.69 Å². The summed E-state index contributed by atoms with van der Waals surface area (Å²) in [4.78, 5) is 22.2. The number of hydrogen-bond acceptors (Lipinski definition) is 4. The van der Waals surface area contributed by atoms with Gasteiger partial charge in [0.05, 0.1) is 38.9 Å². The molecule has 1 aromatic heterocycles. The monoisotopic (exact) mass is 373 g/mol. The highest BCUT2D eigenvalue weighted by Gasteiger charge is 2.22. The second-order valence-electron chi connectivity index (χ2n) is 8.13. The molecule has 0 bridgehead atoms. The molecule has 0 atom stereocenters. The summed E-state index contributed by atoms with van der Waals surface area (Å²) < 4.78 is 0. The van der Waals surface area contributed by atoms with E-state index in [1.807, 2.05) is 45.0 Å². The standard InChI is InChI=1S/C20H28N4OS/c1-14-17(22-19(26-14)24-12-10-23(5)11-13-24)15-6-8-16(9-7-15)21-18(25)20(2,3)4/h6-9H,10-13H2,1-5H3,(H,21,25)/p+1. The molecule has 0 saturated carbocycles. The summed E-state index contributed by atoms with van der Waals surface area (Å²) in [5, 5.41) is 4.09. The van der Waals surface area contributed by atoms with E-state index in [2.05, 4.69) is 24.2 Å². The summed E-state index contributed by atoms with van der Waals surface area (Å²) in [7, 11) is 2.25. The van der Waals surface area contributed by atoms with E-state index in [1.165, 1.54) is 4.88 Å². The predicted molar refractivity (Wildman–Crippen MR) is 109 cm³/mol. The van der Waals surface area contributed by atoms with Crippen LogP contribution in [0.2, 0.25) is 0 Å². The quantitative estimate of drug-likeness (QED) is 0.869. The predicted octanol–water partition coefficient (Wildman–Crippen LogP) is 2.44. The summed E-state index contributed by atoms with van der Waals surface area (Å²) in [6.45, 7) is 12.3. The number of anilines is 2. The second kappa shape index (κ2) is 7.37. The molecule has 1 fully saturated rings. The van der Waals surface area contributed by atoms with Crippen molar-refractivity contribution in [1.29, 1.82) is 0 Å². The number of benzene rings is 1. The Hall–Kier alpha value is -1.92. The number of piperazine rings is 1. The van der Waals surface area contributed by atoms with E-state index in [9.17, 15) is 4.79 Å². The van der Waals surface area contributed by atoms with Crippen LogP contribution in [-0.4, -0.2) is 44.1 Å². The van der Waals surface area contributed by atoms with E-state index < -0.39 is 5.41 Å². The fourth-order valence-corrected chi connectivity index (χ4v) is 3.88. The average Bonchev–Trinajstić information content (AvgIpc) is 2.97. The van der Waals surface area contributed by atoms with E-state index >= 15 is 0 Å². The molecule has 2 heterocycles. The number of nitrogens with one attached hydrogen (secondary N) is 2. The van der Waals surface area contributed by atoms with Crippen LogP contribution in [0.1, 0.15) is 25.6 Å². The van der Waals surface area contributed by atoms with Crippen molar-refractivity contribution in [3.05, 3.63) is 29.1 Å². The molecule has 1 aliphatic heterocycles. The van der Waals surface area contributed by atoms with Crippen LogP contribution in [0.25, 0.3) is 11.3 Å². The van der Waals surface area contributed by atoms with Crippen LogP contribution < -0.4 is 15.1 Å². The van der Waals surface area contributed by atoms with Crippen molar-refractivity contribution in [3.8, 4) is 11.3 Å². The van der Waals surface area contributed by atoms with Gasteiger partial charge in [-0.3, -0.25) is 4.79 Å². The Morgan fingerprint density at radius 1 is 1.19 bits per heavy atom. The van der Waals surface area contributed by atoms with Crippen LogP contribution in [0.15, 0.2) is 24.3 Å². The first-order valence-electron chi connectivity index (χ1n) is 9.19. The number of amides is 1. The van der Waals surface area contributed by atoms with Crippen LogP contribution in [-0.2, 0) is 4.79 Å². The Morgan fingerprint density at radius 2 is 1.81 bits per heavy atom. The number of quaternary nitrogens is 1. The van der Waals surface area contributed by atoms with Gasteiger partial charge in [-0.1, -0.05) is 32.9 Å². The van der Waals surface area contributed by atoms with Gasteiger partial charge in [-0.2, -0.15) is 0 Å². The maximum absolute atomic E-state index is 12.1. The highest BCUT2D eigenvalue weighted by Crippen LogP contribution is 2.33. The van der Waals surface area contributed by atoms with Crippen LogP contribution in [0.3, 0.4) is 0 Å². The van der Waals surface area contributed by atoms with Gasteiger partial charge in [0, 0.05) is 21.5 Å². The number of hydrogen-bond donors (Lipinski definition) is 2. The summed E-state index contributed by atoms with van der Waals surface area (Å²) in [5.74, 6) is 0.0228. The Kier molecular flexibility index (Phi) is 5.34. The molecule has 5 nitrogen and oxygen atoms in total. The lowest BCUT2D eigenvalue weighted by molar-refractivity contribution is -0.880. The lowest BCUT2D eigenvalue weighted by atomic mass is 9.95. The highest BCUT2D eigenvalue weighted by atomic mass is 32.1. The molecule has 1 aromatic carbocycles. The molecule has 0 aliphatic carbocycles. The van der Waals surface area contributed by atoms with Gasteiger partial charge in [0.25, 0.3) is 0 Å². The maximum Gasteiger partial charge on any atom is 0.229 e. The smallest absolute Gasteiger partial charge is 0.229 e. The van der Waals surface area contributed by atoms with Gasteiger partial charge in [0.1, 0.15) is 0 Å². The Labute approximate surface area is 160 Å². The number of nitrogens with zero attached hydrogens (tertiary/aromatic N) is 2. The Morgan fingerprint density at radius 3 is 2.38 bits per heavy atom. The normalized spacial score (nSPS) is 16.0. The molecule has 3 rings (SSSR count). The number of rotatable bonds is 3. The molecule has 0 unspecified atom stereocenters. The van der Waals surface area contributed by atoms with Crippen molar-refractivity contribution in [2.75, 3.05) is 43.4 Å². The lowest BCUT2D eigenvalue weighted by Gasteiger charge is -2.29. The van der Waals surface area contributed by atoms with E-state index in [-0.39, 0.29) is 5.91 Å². The second-order valence-corrected chi connectivity index (χ2v) is 9.31. The number of carbonyl (C=O) groups excluding carboxylic acids is 1. The molecule has 6 heteroatoms. The van der Waals surface area contributed by atoms with Crippen molar-refractivity contribution in [2.24, 2.45) is 5.41 Å². The van der Waals surface area contributed by atoms with Crippen LogP contribution in [0, 0.1) is 12.3 Å². The summed E-state index contributed by atoms with van der Waals surface area (Å²) in [6.07, 6.45) is 0. The third-order valence-corrected chi connectivity index (χ3v) is 5.80. The van der Waals surface area contributed by atoms with E-state index in [0.29, 0.717) is 0 Å². The molecule has 1 amide bonds. The Balaban J connectivity index is 1.74. The van der Waals surface area contributed by atoms with E-state index in [4.69, 9.17) is 4.98 Å². The van der Waals surface area contributed by atoms with Gasteiger partial charge < -0.3 is 15.1 Å². The van der Waals surface area contributed by atoms with Gasteiger partial charge in [-0.15, -0.1) is 11.3 Å². The van der Waals surface area contributed by atoms with Gasteiger partial charge >= 0.3 is 0 Å². The zero-order chi connectivity index (χ0) is 18.9. The first-order chi connectivity index (χ1) is 12.2. The van der Waals surface area contributed by atoms with Gasteiger partial charge in [0.15, 0.2) is 5.13 Å². The largest absolute Gasteiger partial charge is 0.337 e. The Bertz CT molecular complexity index is 768. The molecule has 0 spiro atoms. The van der Waals surface area contributed by atoms with Crippen LogP contribution in [0.4, 0.5) is 10.8 Å². The van der Waals surface area contributed by atoms with E-state index in [1.54, 1.807) is 16.2 Å². The molecule has 26 heavy (non-hydrogen) atoms. The van der Waals surface area contributed by atoms with Gasteiger partial charge in [0.2, 0.25) is 5.91 Å². The highest BCUT2D eigenvalue weighted by molar-refractivity contribution is 7.16. The molecule has 2 aromatic rings. The topological polar surface area (TPSA) is 49.7 Å². The molecular formula is C20H29N4OS+. The fourth-order valence-electron chi connectivity index (χ4n) is 2.90. The zero-order valence-corrected chi connectivity index (χ0v) is 17.2. The lowest BCUT2D eigenvalue weighted by Crippen LogP contribution is -3.12. The van der Waals surface area contributed by atoms with Crippen LogP contribution >= 0.6 is 11.3 Å². The zero-order valence-electron chi connectivity index (χ0n) is 16.3. The number of likely N-dealkylation sites (N-methyl/N-ethyl adjacent to an activating group) is 1. The van der Waals surface area contributed by atoms with Gasteiger partial charge in [-0.05, 0) is 19.1 Å². The van der Waals surface area contributed by atoms with Gasteiger partial charge in [-0.25, -0.2) is 4.98 Å². The average molecular weight is 374 g/mol. The number of thiazole rings is 1. The summed E-state index contributed by atoms with van der Waals surface area (Å²) in [5.41, 5.74) is 2.57. The third kappa shape index (κ3) is 4.24. The number of aryl methyl sites for hydroxylation is 1. The summed E-state index contributed by atoms with van der Waals surface area (Å²) in [6, 6.07) is 7.99. The number of aromatic nitrogens is 1. The SMILES string of the molecule is Cc1sc(N2CC[NH+](C)CC2)nc1-c1ccc(NC(=O)C(C)(C)C)cc1. The first-order valence-corrected chi connectivity index (χ1v) is 10.0. The van der Waals surface area contributed by atoms with Crippen molar-refractivity contribution >= 4 is 28.1 Å². The van der Waals surface area contributed by atoms with E-state index in [0.717, 1.165) is 48.3 Å².